The Morgan fingerprint density at radius 1 is 1.47 bits per heavy atom. The molecule has 0 saturated carbocycles. The van der Waals surface area contributed by atoms with Gasteiger partial charge < -0.3 is 4.74 Å². The van der Waals surface area contributed by atoms with Crippen LogP contribution < -0.4 is 4.57 Å². The zero-order valence-corrected chi connectivity index (χ0v) is 12.1. The Morgan fingerprint density at radius 2 is 2.26 bits per heavy atom. The second-order valence-electron chi connectivity index (χ2n) is 3.71. The van der Waals surface area contributed by atoms with Crippen molar-refractivity contribution in [2.45, 2.75) is 12.3 Å². The fourth-order valence-electron chi connectivity index (χ4n) is 1.41. The summed E-state index contributed by atoms with van der Waals surface area (Å²) in [5.41, 5.74) is 1.07. The van der Waals surface area contributed by atoms with Crippen LogP contribution in [0.1, 0.15) is 6.42 Å². The molecule has 0 aliphatic rings. The average molecular weight is 296 g/mol. The van der Waals surface area contributed by atoms with E-state index < -0.39 is 0 Å². The number of thioether (sulfide) groups is 1. The topological polar surface area (TPSA) is 56.0 Å². The summed E-state index contributed by atoms with van der Waals surface area (Å²) in [4.78, 5) is 15.1. The van der Waals surface area contributed by atoms with E-state index in [2.05, 4.69) is 18.7 Å². The minimum Gasteiger partial charge on any atom is -0.469 e. The Labute approximate surface area is 119 Å². The standard InChI is InChI=1S/C12H14N3O2S2/c1-17-11(16)4-7-18-9-15-5-2-10(3-6-15)12-13-8-14-19-12/h2-3,5-6,8H,4,7,9H2,1H3/q+1. The summed E-state index contributed by atoms with van der Waals surface area (Å²) in [5, 5.41) is 0.922. The Hall–Kier alpha value is -1.47. The van der Waals surface area contributed by atoms with Gasteiger partial charge in [-0.1, -0.05) is 11.8 Å². The first-order valence-electron chi connectivity index (χ1n) is 5.70. The molecule has 7 heteroatoms. The molecule has 2 heterocycles. The molecule has 0 N–H and O–H groups in total. The summed E-state index contributed by atoms with van der Waals surface area (Å²) in [6.45, 7) is 0. The highest BCUT2D eigenvalue weighted by atomic mass is 32.2. The molecule has 0 aliphatic carbocycles. The van der Waals surface area contributed by atoms with Crippen molar-refractivity contribution in [2.24, 2.45) is 0 Å². The van der Waals surface area contributed by atoms with Crippen LogP contribution in [0.5, 0.6) is 0 Å². The van der Waals surface area contributed by atoms with Crippen LogP contribution in [0.3, 0.4) is 0 Å². The zero-order chi connectivity index (χ0) is 13.5. The van der Waals surface area contributed by atoms with E-state index in [1.807, 2.05) is 24.5 Å². The number of esters is 1. The van der Waals surface area contributed by atoms with Crippen LogP contribution in [0.2, 0.25) is 0 Å². The number of pyridine rings is 1. The van der Waals surface area contributed by atoms with Gasteiger partial charge in [0.15, 0.2) is 18.3 Å². The monoisotopic (exact) mass is 296 g/mol. The second-order valence-corrected chi connectivity index (χ2v) is 5.57. The zero-order valence-electron chi connectivity index (χ0n) is 10.5. The summed E-state index contributed by atoms with van der Waals surface area (Å²) in [7, 11) is 1.41. The number of aromatic nitrogens is 3. The number of rotatable bonds is 6. The van der Waals surface area contributed by atoms with Crippen molar-refractivity contribution >= 4 is 29.3 Å². The van der Waals surface area contributed by atoms with Gasteiger partial charge in [0.25, 0.3) is 0 Å². The van der Waals surface area contributed by atoms with Gasteiger partial charge in [-0.2, -0.15) is 8.94 Å². The number of hydrogen-bond acceptors (Lipinski definition) is 6. The molecular formula is C12H14N3O2S2+. The van der Waals surface area contributed by atoms with Gasteiger partial charge in [-0.25, -0.2) is 4.98 Å². The van der Waals surface area contributed by atoms with E-state index in [0.717, 1.165) is 22.2 Å². The molecule has 0 unspecified atom stereocenters. The lowest BCUT2D eigenvalue weighted by atomic mass is 10.3. The van der Waals surface area contributed by atoms with Crippen LogP contribution in [-0.4, -0.2) is 28.2 Å². The summed E-state index contributed by atoms with van der Waals surface area (Å²) in [5.74, 6) is 1.41. The predicted molar refractivity (Wildman–Crippen MR) is 74.6 cm³/mol. The second kappa shape index (κ2) is 7.20. The largest absolute Gasteiger partial charge is 0.469 e. The van der Waals surface area contributed by atoms with Gasteiger partial charge in [-0.05, 0) is 11.5 Å². The van der Waals surface area contributed by atoms with Crippen molar-refractivity contribution in [3.05, 3.63) is 30.9 Å². The van der Waals surface area contributed by atoms with Crippen molar-refractivity contribution in [1.29, 1.82) is 0 Å². The lowest BCUT2D eigenvalue weighted by Gasteiger charge is -1.99. The van der Waals surface area contributed by atoms with Gasteiger partial charge in [0.2, 0.25) is 0 Å². The van der Waals surface area contributed by atoms with E-state index in [4.69, 9.17) is 0 Å². The Morgan fingerprint density at radius 3 is 2.89 bits per heavy atom. The average Bonchev–Trinajstić information content (AvgIpc) is 2.98. The van der Waals surface area contributed by atoms with Crippen LogP contribution in [0.4, 0.5) is 0 Å². The van der Waals surface area contributed by atoms with Crippen molar-refractivity contribution < 1.29 is 14.1 Å². The van der Waals surface area contributed by atoms with E-state index in [0.29, 0.717) is 6.42 Å². The highest BCUT2D eigenvalue weighted by Gasteiger charge is 2.06. The molecule has 0 aliphatic heterocycles. The van der Waals surface area contributed by atoms with Crippen LogP contribution in [0, 0.1) is 0 Å². The summed E-state index contributed by atoms with van der Waals surface area (Å²) >= 11 is 3.07. The Bertz CT molecular complexity index is 514. The molecule has 0 bridgehead atoms. The van der Waals surface area contributed by atoms with E-state index in [1.165, 1.54) is 18.6 Å². The smallest absolute Gasteiger partial charge is 0.306 e. The molecule has 2 aromatic rings. The first-order valence-corrected chi connectivity index (χ1v) is 7.63. The summed E-state index contributed by atoms with van der Waals surface area (Å²) < 4.78 is 10.6. The lowest BCUT2D eigenvalue weighted by molar-refractivity contribution is -0.675. The summed E-state index contributed by atoms with van der Waals surface area (Å²) in [6.07, 6.45) is 6.01. The molecule has 19 heavy (non-hydrogen) atoms. The molecule has 0 atom stereocenters. The third-order valence-electron chi connectivity index (χ3n) is 2.42. The van der Waals surface area contributed by atoms with Crippen LogP contribution in [0.15, 0.2) is 30.9 Å². The quantitative estimate of drug-likeness (QED) is 0.462. The third-order valence-corrected chi connectivity index (χ3v) is 4.11. The van der Waals surface area contributed by atoms with E-state index in [9.17, 15) is 4.79 Å². The molecule has 0 radical (unpaired) electrons. The van der Waals surface area contributed by atoms with Crippen molar-refractivity contribution in [1.82, 2.24) is 9.36 Å². The highest BCUT2D eigenvalue weighted by molar-refractivity contribution is 7.98. The maximum atomic E-state index is 10.9. The van der Waals surface area contributed by atoms with Gasteiger partial charge in [-0.15, -0.1) is 0 Å². The van der Waals surface area contributed by atoms with Gasteiger partial charge >= 0.3 is 5.97 Å². The number of nitrogens with zero attached hydrogens (tertiary/aromatic N) is 3. The maximum absolute atomic E-state index is 10.9. The Kier molecular flexibility index (Phi) is 5.29. The molecule has 2 rings (SSSR count). The van der Waals surface area contributed by atoms with E-state index in [1.54, 1.807) is 18.1 Å². The minimum absolute atomic E-state index is 0.163. The van der Waals surface area contributed by atoms with Gasteiger partial charge in [0, 0.05) is 23.4 Å². The number of carbonyl (C=O) groups excluding carboxylic acids is 1. The molecule has 0 spiro atoms. The normalized spacial score (nSPS) is 10.4. The molecule has 0 fully saturated rings. The minimum atomic E-state index is -0.163. The third kappa shape index (κ3) is 4.29. The van der Waals surface area contributed by atoms with Gasteiger partial charge in [0.1, 0.15) is 11.3 Å². The van der Waals surface area contributed by atoms with E-state index in [-0.39, 0.29) is 5.97 Å². The highest BCUT2D eigenvalue weighted by Crippen LogP contribution is 2.17. The SMILES string of the molecule is COC(=O)CCSC[n+]1ccc(-c2ncns2)cc1. The number of carbonyl (C=O) groups is 1. The Balaban J connectivity index is 1.81. The first kappa shape index (κ1) is 14.0. The maximum Gasteiger partial charge on any atom is 0.306 e. The number of methoxy groups -OCH3 is 1. The van der Waals surface area contributed by atoms with Crippen LogP contribution in [0.25, 0.3) is 10.6 Å². The molecule has 5 nitrogen and oxygen atoms in total. The van der Waals surface area contributed by atoms with Crippen molar-refractivity contribution in [3.63, 3.8) is 0 Å². The lowest BCUT2D eigenvalue weighted by Crippen LogP contribution is -2.30. The van der Waals surface area contributed by atoms with E-state index >= 15 is 0 Å². The van der Waals surface area contributed by atoms with Gasteiger partial charge in [0.05, 0.1) is 13.5 Å². The van der Waals surface area contributed by atoms with Gasteiger partial charge in [-0.3, -0.25) is 4.79 Å². The molecule has 2 aromatic heterocycles. The van der Waals surface area contributed by atoms with Crippen molar-refractivity contribution in [2.75, 3.05) is 12.9 Å². The van der Waals surface area contributed by atoms with Crippen LogP contribution in [-0.2, 0) is 15.4 Å². The molecule has 0 amide bonds. The van der Waals surface area contributed by atoms with Crippen LogP contribution >= 0.6 is 23.3 Å². The predicted octanol–water partition coefficient (Wildman–Crippen LogP) is 1.75. The number of ether oxygens (including phenoxy) is 1. The molecule has 0 aromatic carbocycles. The molecule has 100 valence electrons. The first-order chi connectivity index (χ1) is 9.29. The summed E-state index contributed by atoms with van der Waals surface area (Å²) in [6, 6.07) is 4.03. The van der Waals surface area contributed by atoms with Crippen molar-refractivity contribution in [3.8, 4) is 10.6 Å². The number of hydrogen-bond donors (Lipinski definition) is 0. The fourth-order valence-corrected chi connectivity index (χ4v) is 2.77. The molecule has 0 saturated heterocycles. The fraction of sp³-hybridized carbons (Fsp3) is 0.333. The molecular weight excluding hydrogens is 282 g/mol.